The number of thioether (sulfide) groups is 1. The Balaban J connectivity index is 1.64. The normalized spacial score (nSPS) is 18.6. The number of rotatable bonds is 5. The molecule has 1 aliphatic heterocycles. The summed E-state index contributed by atoms with van der Waals surface area (Å²) in [5, 5.41) is 21.5. The lowest BCUT2D eigenvalue weighted by molar-refractivity contribution is -0.384. The molecule has 0 aliphatic carbocycles. The molecule has 2 aromatic rings. The lowest BCUT2D eigenvalue weighted by Crippen LogP contribution is -2.25. The van der Waals surface area contributed by atoms with Crippen LogP contribution < -0.4 is 5.32 Å². The molecule has 0 radical (unpaired) electrons. The van der Waals surface area contributed by atoms with Crippen molar-refractivity contribution >= 4 is 34.7 Å². The van der Waals surface area contributed by atoms with Gasteiger partial charge in [0.25, 0.3) is 5.69 Å². The number of hydrogen-bond donors (Lipinski definition) is 1. The molecule has 3 rings (SSSR count). The highest BCUT2D eigenvalue weighted by Gasteiger charge is 2.30. The molecule has 25 heavy (non-hydrogen) atoms. The van der Waals surface area contributed by atoms with Gasteiger partial charge < -0.3 is 5.32 Å². The number of carbonyl (C=O) groups is 1. The molecule has 8 heteroatoms. The minimum absolute atomic E-state index is 0.0160. The van der Waals surface area contributed by atoms with Crippen LogP contribution in [0.5, 0.6) is 0 Å². The number of nitro benzene ring substituents is 1. The number of nitrogens with zero attached hydrogens (tertiary/aromatic N) is 3. The first kappa shape index (κ1) is 16.8. The van der Waals surface area contributed by atoms with Crippen molar-refractivity contribution in [3.8, 4) is 0 Å². The zero-order valence-corrected chi connectivity index (χ0v) is 13.8. The maximum atomic E-state index is 12.0. The van der Waals surface area contributed by atoms with Gasteiger partial charge in [0.15, 0.2) is 5.17 Å². The van der Waals surface area contributed by atoms with Gasteiger partial charge in [0.05, 0.1) is 16.4 Å². The predicted octanol–water partition coefficient (Wildman–Crippen LogP) is 2.76. The molecule has 1 fully saturated rings. The van der Waals surface area contributed by atoms with Crippen LogP contribution in [0, 0.1) is 10.1 Å². The standard InChI is InChI=1S/C17H14N4O3S/c22-16-15(10-13-7-4-8-14(9-13)21(23)24)25-17(19-16)20-18-11-12-5-2-1-3-6-12/h1-9,11,15H,10H2,(H,19,20,22). The average molecular weight is 354 g/mol. The van der Waals surface area contributed by atoms with E-state index in [1.165, 1.54) is 23.9 Å². The van der Waals surface area contributed by atoms with E-state index >= 15 is 0 Å². The number of benzene rings is 2. The molecule has 0 bridgehead atoms. The van der Waals surface area contributed by atoms with Gasteiger partial charge in [0, 0.05) is 12.1 Å². The molecule has 0 aromatic heterocycles. The Hall–Kier alpha value is -3.00. The van der Waals surface area contributed by atoms with Crippen LogP contribution in [0.1, 0.15) is 11.1 Å². The van der Waals surface area contributed by atoms with Gasteiger partial charge >= 0.3 is 0 Å². The van der Waals surface area contributed by atoms with Crippen molar-refractivity contribution in [3.05, 3.63) is 75.8 Å². The fraction of sp³-hybridized carbons (Fsp3) is 0.118. The summed E-state index contributed by atoms with van der Waals surface area (Å²) in [4.78, 5) is 22.4. The third kappa shape index (κ3) is 4.51. The zero-order valence-electron chi connectivity index (χ0n) is 13.0. The Morgan fingerprint density at radius 1 is 1.20 bits per heavy atom. The molecular formula is C17H14N4O3S. The Labute approximate surface area is 148 Å². The maximum absolute atomic E-state index is 12.0. The number of amides is 1. The lowest BCUT2D eigenvalue weighted by Gasteiger charge is -2.04. The first-order valence-corrected chi connectivity index (χ1v) is 8.37. The van der Waals surface area contributed by atoms with Gasteiger partial charge in [-0.3, -0.25) is 14.9 Å². The largest absolute Gasteiger partial charge is 0.303 e. The van der Waals surface area contributed by atoms with Crippen molar-refractivity contribution in [1.29, 1.82) is 0 Å². The number of non-ortho nitro benzene ring substituents is 1. The molecule has 2 aromatic carbocycles. The Morgan fingerprint density at radius 3 is 2.76 bits per heavy atom. The van der Waals surface area contributed by atoms with E-state index in [9.17, 15) is 14.9 Å². The van der Waals surface area contributed by atoms with E-state index in [1.807, 2.05) is 30.3 Å². The van der Waals surface area contributed by atoms with Gasteiger partial charge in [-0.2, -0.15) is 5.10 Å². The van der Waals surface area contributed by atoms with E-state index in [2.05, 4.69) is 15.5 Å². The van der Waals surface area contributed by atoms with Gasteiger partial charge in [-0.05, 0) is 17.5 Å². The number of nitrogens with one attached hydrogen (secondary N) is 1. The second-order valence-electron chi connectivity index (χ2n) is 5.29. The number of carbonyl (C=O) groups excluding carboxylic acids is 1. The van der Waals surface area contributed by atoms with E-state index in [-0.39, 0.29) is 16.8 Å². The van der Waals surface area contributed by atoms with Crippen molar-refractivity contribution in [3.63, 3.8) is 0 Å². The van der Waals surface area contributed by atoms with E-state index < -0.39 is 4.92 Å². The molecular weight excluding hydrogens is 340 g/mol. The second-order valence-corrected chi connectivity index (χ2v) is 6.48. The van der Waals surface area contributed by atoms with Gasteiger partial charge in [-0.25, -0.2) is 0 Å². The van der Waals surface area contributed by atoms with E-state index in [1.54, 1.807) is 18.3 Å². The van der Waals surface area contributed by atoms with Crippen molar-refractivity contribution in [2.45, 2.75) is 11.7 Å². The summed E-state index contributed by atoms with van der Waals surface area (Å²) >= 11 is 1.27. The van der Waals surface area contributed by atoms with Gasteiger partial charge in [0.1, 0.15) is 0 Å². The zero-order chi connectivity index (χ0) is 17.6. The molecule has 1 amide bonds. The number of amidine groups is 1. The summed E-state index contributed by atoms with van der Waals surface area (Å²) < 4.78 is 0. The first-order valence-electron chi connectivity index (χ1n) is 7.49. The molecule has 1 saturated heterocycles. The Kier molecular flexibility index (Phi) is 5.20. The summed E-state index contributed by atoms with van der Waals surface area (Å²) in [6.07, 6.45) is 1.99. The second kappa shape index (κ2) is 7.71. The molecule has 1 atom stereocenters. The molecule has 0 spiro atoms. The summed E-state index contributed by atoms with van der Waals surface area (Å²) in [6.45, 7) is 0. The molecule has 1 N–H and O–H groups in total. The third-order valence-corrected chi connectivity index (χ3v) is 4.55. The SMILES string of the molecule is O=C1NC(=NN=Cc2ccccc2)SC1Cc1cccc([N+](=O)[O-])c1. The van der Waals surface area contributed by atoms with Gasteiger partial charge in [-0.15, -0.1) is 5.10 Å². The number of nitro groups is 1. The molecule has 7 nitrogen and oxygen atoms in total. The van der Waals surface area contributed by atoms with Crippen LogP contribution in [0.2, 0.25) is 0 Å². The Bertz CT molecular complexity index is 852. The van der Waals surface area contributed by atoms with Crippen molar-refractivity contribution in [2.24, 2.45) is 10.2 Å². The molecule has 1 unspecified atom stereocenters. The predicted molar refractivity (Wildman–Crippen MR) is 97.8 cm³/mol. The number of hydrogen-bond acceptors (Lipinski definition) is 6. The highest BCUT2D eigenvalue weighted by Crippen LogP contribution is 2.24. The van der Waals surface area contributed by atoms with Crippen LogP contribution in [0.15, 0.2) is 64.8 Å². The van der Waals surface area contributed by atoms with Gasteiger partial charge in [0.2, 0.25) is 5.91 Å². The van der Waals surface area contributed by atoms with Crippen molar-refractivity contribution in [2.75, 3.05) is 0 Å². The van der Waals surface area contributed by atoms with E-state index in [4.69, 9.17) is 0 Å². The monoisotopic (exact) mass is 354 g/mol. The molecule has 1 heterocycles. The van der Waals surface area contributed by atoms with Crippen LogP contribution in [0.4, 0.5) is 5.69 Å². The quantitative estimate of drug-likeness (QED) is 0.507. The summed E-state index contributed by atoms with van der Waals surface area (Å²) in [7, 11) is 0. The van der Waals surface area contributed by atoms with Gasteiger partial charge in [-0.1, -0.05) is 54.2 Å². The summed E-state index contributed by atoms with van der Waals surface area (Å²) in [6, 6.07) is 15.8. The van der Waals surface area contributed by atoms with Crippen LogP contribution in [0.25, 0.3) is 0 Å². The van der Waals surface area contributed by atoms with Crippen LogP contribution in [-0.2, 0) is 11.2 Å². The Morgan fingerprint density at radius 2 is 2.00 bits per heavy atom. The summed E-state index contributed by atoms with van der Waals surface area (Å²) in [5.74, 6) is -0.176. The fourth-order valence-electron chi connectivity index (χ4n) is 2.28. The van der Waals surface area contributed by atoms with Crippen LogP contribution in [-0.4, -0.2) is 27.5 Å². The molecule has 1 aliphatic rings. The average Bonchev–Trinajstić information content (AvgIpc) is 2.95. The molecule has 126 valence electrons. The van der Waals surface area contributed by atoms with E-state index in [0.29, 0.717) is 11.6 Å². The van der Waals surface area contributed by atoms with Crippen LogP contribution >= 0.6 is 11.8 Å². The smallest absolute Gasteiger partial charge is 0.269 e. The van der Waals surface area contributed by atoms with Crippen molar-refractivity contribution < 1.29 is 9.72 Å². The summed E-state index contributed by atoms with van der Waals surface area (Å²) in [5.41, 5.74) is 1.66. The fourth-order valence-corrected chi connectivity index (χ4v) is 3.25. The first-order chi connectivity index (χ1) is 12.1. The minimum atomic E-state index is -0.448. The minimum Gasteiger partial charge on any atom is -0.303 e. The lowest BCUT2D eigenvalue weighted by atomic mass is 10.1. The van der Waals surface area contributed by atoms with E-state index in [0.717, 1.165) is 11.1 Å². The third-order valence-electron chi connectivity index (χ3n) is 3.47. The maximum Gasteiger partial charge on any atom is 0.269 e. The highest BCUT2D eigenvalue weighted by molar-refractivity contribution is 8.15. The highest BCUT2D eigenvalue weighted by atomic mass is 32.2. The topological polar surface area (TPSA) is 97.0 Å². The van der Waals surface area contributed by atoms with Crippen LogP contribution in [0.3, 0.4) is 0 Å². The molecule has 0 saturated carbocycles. The van der Waals surface area contributed by atoms with Crippen molar-refractivity contribution in [1.82, 2.24) is 5.32 Å².